The van der Waals surface area contributed by atoms with Crippen LogP contribution in [0.2, 0.25) is 0 Å². The molecule has 0 atom stereocenters. The van der Waals surface area contributed by atoms with Crippen LogP contribution < -0.4 is 4.90 Å². The second-order valence-corrected chi connectivity index (χ2v) is 17.5. The number of hydrogen-bond donors (Lipinski definition) is 0. The van der Waals surface area contributed by atoms with Crippen LogP contribution in [0.3, 0.4) is 0 Å². The normalized spacial score (nSPS) is 11.8. The predicted molar refractivity (Wildman–Crippen MR) is 272 cm³/mol. The van der Waals surface area contributed by atoms with Gasteiger partial charge < -0.3 is 13.9 Å². The molecular weight excluding hydrogens is 797 g/mol. The number of thiophene rings is 1. The lowest BCUT2D eigenvalue weighted by Gasteiger charge is -2.27. The molecule has 0 bridgehead atoms. The van der Waals surface area contributed by atoms with Crippen molar-refractivity contribution in [2.45, 2.75) is 0 Å². The summed E-state index contributed by atoms with van der Waals surface area (Å²) in [7, 11) is 0. The van der Waals surface area contributed by atoms with Gasteiger partial charge in [0.1, 0.15) is 11.2 Å². The summed E-state index contributed by atoms with van der Waals surface area (Å²) in [4.78, 5) is 2.42. The van der Waals surface area contributed by atoms with E-state index in [0.29, 0.717) is 0 Å². The minimum absolute atomic E-state index is 0.892. The average Bonchev–Trinajstić information content (AvgIpc) is 4.04. The highest BCUT2D eigenvalue weighted by atomic mass is 32.1. The molecule has 0 radical (unpaired) electrons. The van der Waals surface area contributed by atoms with E-state index in [1.807, 2.05) is 17.4 Å². The molecule has 3 heterocycles. The summed E-state index contributed by atoms with van der Waals surface area (Å²) < 4.78 is 11.5. The Hall–Kier alpha value is -8.18. The summed E-state index contributed by atoms with van der Waals surface area (Å²) in [6, 6.07) is 83.3. The zero-order valence-electron chi connectivity index (χ0n) is 34.7. The summed E-state index contributed by atoms with van der Waals surface area (Å²) in [5.41, 5.74) is 15.6. The second kappa shape index (κ2) is 14.7. The van der Waals surface area contributed by atoms with E-state index in [1.54, 1.807) is 0 Å². The second-order valence-electron chi connectivity index (χ2n) is 16.5. The van der Waals surface area contributed by atoms with Crippen molar-refractivity contribution in [1.29, 1.82) is 0 Å². The number of fused-ring (bicyclic) bond motifs is 9. The highest BCUT2D eigenvalue weighted by molar-refractivity contribution is 7.26. The first-order valence-corrected chi connectivity index (χ1v) is 22.6. The molecule has 0 fully saturated rings. The van der Waals surface area contributed by atoms with Crippen molar-refractivity contribution in [3.8, 4) is 39.1 Å². The molecule has 4 heteroatoms. The summed E-state index contributed by atoms with van der Waals surface area (Å²) in [5.74, 6) is 0. The molecule has 64 heavy (non-hydrogen) atoms. The van der Waals surface area contributed by atoms with Gasteiger partial charge in [0.15, 0.2) is 0 Å². The van der Waals surface area contributed by atoms with E-state index in [9.17, 15) is 0 Å². The van der Waals surface area contributed by atoms with Crippen molar-refractivity contribution >= 4 is 92.3 Å². The van der Waals surface area contributed by atoms with Crippen molar-refractivity contribution in [3.63, 3.8) is 0 Å². The monoisotopic (exact) mass is 834 g/mol. The minimum Gasteiger partial charge on any atom is -0.455 e. The number of nitrogens with zero attached hydrogens (tertiary/aromatic N) is 2. The minimum atomic E-state index is 0.892. The molecule has 13 aromatic rings. The van der Waals surface area contributed by atoms with E-state index in [0.717, 1.165) is 66.9 Å². The first-order chi connectivity index (χ1) is 31.7. The lowest BCUT2D eigenvalue weighted by atomic mass is 9.99. The SMILES string of the molecule is c1ccc(-c2cccc3c2oc2ccc(-c4ccc(N(c5ccc(-c6ccc7c8ccccc8n(-c8ccccc8)c7c6)cc5)c5cccc6sc7ccccc7c56)cc4)cc23)cc1. The fourth-order valence-electron chi connectivity index (χ4n) is 9.80. The highest BCUT2D eigenvalue weighted by Crippen LogP contribution is 2.46. The number of anilines is 3. The van der Waals surface area contributed by atoms with Crippen LogP contribution in [0.15, 0.2) is 235 Å². The van der Waals surface area contributed by atoms with Gasteiger partial charge >= 0.3 is 0 Å². The van der Waals surface area contributed by atoms with Crippen molar-refractivity contribution in [3.05, 3.63) is 231 Å². The molecule has 3 nitrogen and oxygen atoms in total. The van der Waals surface area contributed by atoms with Crippen LogP contribution >= 0.6 is 11.3 Å². The molecule has 0 aliphatic rings. The molecule has 0 spiro atoms. The van der Waals surface area contributed by atoms with E-state index in [4.69, 9.17) is 4.42 Å². The summed E-state index contributed by atoms with van der Waals surface area (Å²) in [5, 5.41) is 7.29. The molecular formula is C60H38N2OS. The van der Waals surface area contributed by atoms with Gasteiger partial charge in [-0.2, -0.15) is 0 Å². The molecule has 0 saturated heterocycles. The number of benzene rings is 10. The van der Waals surface area contributed by atoms with Gasteiger partial charge in [-0.15, -0.1) is 11.3 Å². The van der Waals surface area contributed by atoms with Crippen LogP contribution in [-0.2, 0) is 0 Å². The van der Waals surface area contributed by atoms with Gasteiger partial charge in [-0.1, -0.05) is 152 Å². The van der Waals surface area contributed by atoms with Gasteiger partial charge in [-0.05, 0) is 107 Å². The van der Waals surface area contributed by atoms with E-state index in [2.05, 4.69) is 234 Å². The Labute approximate surface area is 373 Å². The zero-order chi connectivity index (χ0) is 42.1. The summed E-state index contributed by atoms with van der Waals surface area (Å²) in [6.07, 6.45) is 0. The molecule has 3 aromatic heterocycles. The number of rotatable bonds is 7. The van der Waals surface area contributed by atoms with Gasteiger partial charge in [0.05, 0.1) is 16.7 Å². The van der Waals surface area contributed by atoms with E-state index in [-0.39, 0.29) is 0 Å². The van der Waals surface area contributed by atoms with Crippen LogP contribution in [0.5, 0.6) is 0 Å². The van der Waals surface area contributed by atoms with Gasteiger partial charge in [-0.3, -0.25) is 0 Å². The predicted octanol–water partition coefficient (Wildman–Crippen LogP) is 17.5. The van der Waals surface area contributed by atoms with Crippen LogP contribution in [-0.4, -0.2) is 4.57 Å². The summed E-state index contributed by atoms with van der Waals surface area (Å²) in [6.45, 7) is 0. The molecule has 10 aromatic carbocycles. The van der Waals surface area contributed by atoms with Gasteiger partial charge in [-0.25, -0.2) is 0 Å². The Balaban J connectivity index is 0.913. The maximum Gasteiger partial charge on any atom is 0.143 e. The molecule has 300 valence electrons. The van der Waals surface area contributed by atoms with Crippen LogP contribution in [0.4, 0.5) is 17.1 Å². The number of para-hydroxylation sites is 3. The fourth-order valence-corrected chi connectivity index (χ4v) is 10.9. The fraction of sp³-hybridized carbons (Fsp3) is 0. The quantitative estimate of drug-likeness (QED) is 0.159. The Morgan fingerprint density at radius 2 is 0.969 bits per heavy atom. The van der Waals surface area contributed by atoms with Crippen LogP contribution in [0, 0.1) is 0 Å². The maximum absolute atomic E-state index is 6.52. The van der Waals surface area contributed by atoms with Gasteiger partial charge in [0.2, 0.25) is 0 Å². The Morgan fingerprint density at radius 3 is 1.75 bits per heavy atom. The van der Waals surface area contributed by atoms with Crippen molar-refractivity contribution < 1.29 is 4.42 Å². The smallest absolute Gasteiger partial charge is 0.143 e. The van der Waals surface area contributed by atoms with Gasteiger partial charge in [0, 0.05) is 64.3 Å². The third-order valence-electron chi connectivity index (χ3n) is 12.8. The molecule has 13 rings (SSSR count). The Bertz CT molecular complexity index is 3880. The third-order valence-corrected chi connectivity index (χ3v) is 13.9. The topological polar surface area (TPSA) is 21.3 Å². The van der Waals surface area contributed by atoms with E-state index >= 15 is 0 Å². The number of furan rings is 1. The molecule has 0 N–H and O–H groups in total. The lowest BCUT2D eigenvalue weighted by Crippen LogP contribution is -2.10. The Kier molecular flexibility index (Phi) is 8.40. The van der Waals surface area contributed by atoms with Crippen LogP contribution in [0.1, 0.15) is 0 Å². The highest BCUT2D eigenvalue weighted by Gasteiger charge is 2.20. The van der Waals surface area contributed by atoms with E-state index < -0.39 is 0 Å². The molecule has 0 saturated carbocycles. The largest absolute Gasteiger partial charge is 0.455 e. The van der Waals surface area contributed by atoms with Crippen LogP contribution in [0.25, 0.3) is 103 Å². The Morgan fingerprint density at radius 1 is 0.375 bits per heavy atom. The molecule has 0 aliphatic carbocycles. The van der Waals surface area contributed by atoms with Gasteiger partial charge in [0.25, 0.3) is 0 Å². The first kappa shape index (κ1) is 36.5. The first-order valence-electron chi connectivity index (χ1n) is 21.7. The molecule has 0 amide bonds. The third kappa shape index (κ3) is 5.88. The van der Waals surface area contributed by atoms with Crippen molar-refractivity contribution in [2.24, 2.45) is 0 Å². The summed E-state index contributed by atoms with van der Waals surface area (Å²) >= 11 is 1.85. The van der Waals surface area contributed by atoms with Crippen molar-refractivity contribution in [2.75, 3.05) is 4.90 Å². The van der Waals surface area contributed by atoms with Crippen molar-refractivity contribution in [1.82, 2.24) is 4.57 Å². The number of aromatic nitrogens is 1. The number of hydrogen-bond acceptors (Lipinski definition) is 3. The lowest BCUT2D eigenvalue weighted by molar-refractivity contribution is 0.670. The average molecular weight is 835 g/mol. The standard InChI is InChI=1S/C60H38N2OS/c1-3-13-41(14-4-1)47-19-11-20-50-52-37-42(30-36-56(52)63-60(47)50)39-25-31-45(32-26-39)61(54-22-12-24-58-59(54)51-18-8-10-23-57(51)64-58)46-33-27-40(28-34-46)43-29-35-49-48-17-7-9-21-53(48)62(55(49)38-43)44-15-5-2-6-16-44/h1-38H. The van der Waals surface area contributed by atoms with E-state index in [1.165, 1.54) is 53.1 Å². The molecule has 0 unspecified atom stereocenters. The zero-order valence-corrected chi connectivity index (χ0v) is 35.5. The maximum atomic E-state index is 6.52. The molecule has 0 aliphatic heterocycles.